The Bertz CT molecular complexity index is 2880. The highest BCUT2D eigenvalue weighted by atomic mass is 16.5. The van der Waals surface area contributed by atoms with E-state index in [1.165, 1.54) is 24.3 Å². The van der Waals surface area contributed by atoms with Gasteiger partial charge in [0.25, 0.3) is 0 Å². The van der Waals surface area contributed by atoms with Crippen molar-refractivity contribution >= 4 is 44.5 Å². The van der Waals surface area contributed by atoms with E-state index in [0.29, 0.717) is 62.6 Å². The molecule has 4 heterocycles. The van der Waals surface area contributed by atoms with Crippen LogP contribution in [0.2, 0.25) is 0 Å². The molecule has 0 bridgehead atoms. The normalized spacial score (nSPS) is 13.1. The Morgan fingerprint density at radius 3 is 2.10 bits per heavy atom. The molecule has 0 radical (unpaired) electrons. The third-order valence-corrected chi connectivity index (χ3v) is 11.4. The molecule has 318 valence electrons. The molecule has 1 aliphatic rings. The SMILES string of the molecule is CCC(=O)c1ccc(O)cc1O.COc1ccc2c(=O)c(C)c(C)oc2c1CCN1CCC(n2ccc3ccc(C(N)=O)cc32)CC1.Cc1oc2cc(O)ccc2c(=O)c1C. The largest absolute Gasteiger partial charge is 0.508 e. The van der Waals surface area contributed by atoms with Crippen LogP contribution in [-0.4, -0.2) is 63.2 Å². The first kappa shape index (κ1) is 43.7. The maximum absolute atomic E-state index is 12.8. The van der Waals surface area contributed by atoms with Crippen LogP contribution < -0.4 is 21.3 Å². The van der Waals surface area contributed by atoms with Crippen molar-refractivity contribution in [2.45, 2.75) is 66.3 Å². The summed E-state index contributed by atoms with van der Waals surface area (Å²) in [4.78, 5) is 49.7. The molecule has 0 saturated carbocycles. The average Bonchev–Trinajstić information content (AvgIpc) is 3.68. The number of likely N-dealkylation sites (tertiary alicyclic amines) is 1. The summed E-state index contributed by atoms with van der Waals surface area (Å²) in [6, 6.07) is 20.2. The van der Waals surface area contributed by atoms with Gasteiger partial charge in [0.05, 0.1) is 23.4 Å². The van der Waals surface area contributed by atoms with Crippen LogP contribution in [0, 0.1) is 27.7 Å². The Labute approximate surface area is 352 Å². The first-order valence-corrected chi connectivity index (χ1v) is 20.1. The lowest BCUT2D eigenvalue weighted by atomic mass is 10.0. The zero-order chi connectivity index (χ0) is 44.1. The van der Waals surface area contributed by atoms with Crippen molar-refractivity contribution in [3.05, 3.63) is 139 Å². The number of aryl methyl sites for hydroxylation is 2. The summed E-state index contributed by atoms with van der Waals surface area (Å²) in [6.07, 6.45) is 5.24. The van der Waals surface area contributed by atoms with Crippen LogP contribution in [0.25, 0.3) is 32.8 Å². The number of nitrogens with two attached hydrogens (primary N) is 1. The molecule has 1 aliphatic heterocycles. The lowest BCUT2D eigenvalue weighted by Gasteiger charge is -2.33. The molecule has 7 aromatic rings. The van der Waals surface area contributed by atoms with E-state index in [1.807, 2.05) is 25.1 Å². The molecule has 5 N–H and O–H groups in total. The second-order valence-corrected chi connectivity index (χ2v) is 15.2. The van der Waals surface area contributed by atoms with E-state index in [0.717, 1.165) is 67.2 Å². The van der Waals surface area contributed by atoms with E-state index in [9.17, 15) is 29.4 Å². The highest BCUT2D eigenvalue weighted by Crippen LogP contribution is 2.32. The number of fused-ring (bicyclic) bond motifs is 3. The maximum Gasteiger partial charge on any atom is 0.248 e. The molecule has 0 aliphatic carbocycles. The number of ether oxygens (including phenoxy) is 1. The van der Waals surface area contributed by atoms with Gasteiger partial charge in [0, 0.05) is 78.2 Å². The molecule has 8 rings (SSSR count). The first-order valence-electron chi connectivity index (χ1n) is 20.1. The van der Waals surface area contributed by atoms with Crippen LogP contribution in [-0.2, 0) is 6.42 Å². The molecule has 13 heteroatoms. The summed E-state index contributed by atoms with van der Waals surface area (Å²) in [5.41, 5.74) is 10.6. The number of hydrogen-bond acceptors (Lipinski definition) is 11. The number of nitrogens with zero attached hydrogens (tertiary/aromatic N) is 2. The number of carbonyl (C=O) groups is 2. The van der Waals surface area contributed by atoms with Crippen LogP contribution >= 0.6 is 0 Å². The lowest BCUT2D eigenvalue weighted by Crippen LogP contribution is -2.36. The van der Waals surface area contributed by atoms with E-state index in [4.69, 9.17) is 24.4 Å². The molecule has 0 atom stereocenters. The van der Waals surface area contributed by atoms with Crippen molar-refractivity contribution in [2.24, 2.45) is 5.73 Å². The van der Waals surface area contributed by atoms with Crippen molar-refractivity contribution in [3.63, 3.8) is 0 Å². The standard InChI is InChI=1S/C28H31N3O4.C11H10O3.C9H10O3/c1-17-18(2)35-27-22(25(34-3)7-6-23(27)26(17)32)11-14-30-12-9-21(10-13-30)31-15-8-19-4-5-20(28(29)33)16-24(19)31;1-6-7(2)14-10-5-8(12)3-4-9(10)11(6)13;1-2-8(11)7-4-3-6(10)5-9(7)12/h4-8,15-16,21H,9-14H2,1-3H3,(H2,29,33);3-5,12H,1-2H3;3-5,10,12H,2H2,1H3. The second kappa shape index (κ2) is 18.6. The number of Topliss-reactive ketones (excluding diaryl/α,β-unsaturated/α-hetero) is 1. The Balaban J connectivity index is 0.000000195. The summed E-state index contributed by atoms with van der Waals surface area (Å²) in [5, 5.41) is 29.6. The summed E-state index contributed by atoms with van der Waals surface area (Å²) in [5.74, 6) is 1.35. The van der Waals surface area contributed by atoms with Crippen LogP contribution in [0.1, 0.15) is 81.2 Å². The van der Waals surface area contributed by atoms with Gasteiger partial charge < -0.3 is 44.1 Å². The van der Waals surface area contributed by atoms with Gasteiger partial charge in [0.1, 0.15) is 45.7 Å². The van der Waals surface area contributed by atoms with Crippen molar-refractivity contribution in [2.75, 3.05) is 26.7 Å². The molecule has 0 unspecified atom stereocenters. The fraction of sp³-hybridized carbons (Fsp3) is 0.292. The number of carbonyl (C=O) groups excluding carboxylic acids is 2. The molecule has 3 aromatic heterocycles. The monoisotopic (exact) mass is 829 g/mol. The number of phenolic OH excluding ortho intramolecular Hbond substituents is 3. The number of benzene rings is 4. The van der Waals surface area contributed by atoms with Gasteiger partial charge in [0.2, 0.25) is 5.91 Å². The molecular weight excluding hydrogens is 779 g/mol. The van der Waals surface area contributed by atoms with Crippen molar-refractivity contribution in [1.29, 1.82) is 0 Å². The van der Waals surface area contributed by atoms with E-state index < -0.39 is 5.91 Å². The fourth-order valence-corrected chi connectivity index (χ4v) is 7.57. The molecule has 13 nitrogen and oxygen atoms in total. The molecule has 1 amide bonds. The Hall–Kier alpha value is -6.86. The number of rotatable bonds is 8. The van der Waals surface area contributed by atoms with Gasteiger partial charge in [-0.25, -0.2) is 0 Å². The van der Waals surface area contributed by atoms with Crippen LogP contribution in [0.15, 0.2) is 97.4 Å². The van der Waals surface area contributed by atoms with Crippen LogP contribution in [0.5, 0.6) is 23.0 Å². The van der Waals surface area contributed by atoms with Gasteiger partial charge in [-0.3, -0.25) is 19.2 Å². The summed E-state index contributed by atoms with van der Waals surface area (Å²) in [6.45, 7) is 11.6. The Kier molecular flexibility index (Phi) is 13.3. The number of aromatic hydroxyl groups is 3. The third kappa shape index (κ3) is 9.47. The van der Waals surface area contributed by atoms with Crippen LogP contribution in [0.3, 0.4) is 0 Å². The number of piperidine rings is 1. The van der Waals surface area contributed by atoms with E-state index in [-0.39, 0.29) is 39.5 Å². The van der Waals surface area contributed by atoms with E-state index in [1.54, 1.807) is 53.0 Å². The number of hydrogen-bond donors (Lipinski definition) is 4. The smallest absolute Gasteiger partial charge is 0.248 e. The number of primary amides is 1. The van der Waals surface area contributed by atoms with Gasteiger partial charge in [-0.05, 0) is 107 Å². The Morgan fingerprint density at radius 1 is 0.803 bits per heavy atom. The third-order valence-electron chi connectivity index (χ3n) is 11.4. The van der Waals surface area contributed by atoms with Gasteiger partial charge in [-0.15, -0.1) is 0 Å². The minimum absolute atomic E-state index is 0.0203. The highest BCUT2D eigenvalue weighted by Gasteiger charge is 2.23. The summed E-state index contributed by atoms with van der Waals surface area (Å²) < 4.78 is 19.4. The van der Waals surface area contributed by atoms with Crippen molar-refractivity contribution in [3.8, 4) is 23.0 Å². The van der Waals surface area contributed by atoms with Gasteiger partial charge in [-0.1, -0.05) is 13.0 Å². The Morgan fingerprint density at radius 2 is 1.44 bits per heavy atom. The quantitative estimate of drug-likeness (QED) is 0.108. The fourth-order valence-electron chi connectivity index (χ4n) is 7.57. The summed E-state index contributed by atoms with van der Waals surface area (Å²) in [7, 11) is 1.65. The number of amides is 1. The topological polar surface area (TPSA) is 199 Å². The minimum atomic E-state index is -0.403. The predicted molar refractivity (Wildman–Crippen MR) is 235 cm³/mol. The zero-order valence-electron chi connectivity index (χ0n) is 35.2. The lowest BCUT2D eigenvalue weighted by molar-refractivity contribution is 0.0981. The molecule has 0 spiro atoms. The van der Waals surface area contributed by atoms with Crippen molar-refractivity contribution in [1.82, 2.24) is 9.47 Å². The molecule has 4 aromatic carbocycles. The number of phenols is 3. The molecule has 1 fully saturated rings. The van der Waals surface area contributed by atoms with Gasteiger partial charge in [0.15, 0.2) is 16.6 Å². The minimum Gasteiger partial charge on any atom is -0.508 e. The second-order valence-electron chi connectivity index (χ2n) is 15.2. The number of aromatic nitrogens is 1. The van der Waals surface area contributed by atoms with Gasteiger partial charge >= 0.3 is 0 Å². The first-order chi connectivity index (χ1) is 29.1. The average molecular weight is 830 g/mol. The maximum atomic E-state index is 12.8. The molecule has 61 heavy (non-hydrogen) atoms. The summed E-state index contributed by atoms with van der Waals surface area (Å²) >= 11 is 0. The predicted octanol–water partition coefficient (Wildman–Crippen LogP) is 8.16. The highest BCUT2D eigenvalue weighted by molar-refractivity contribution is 5.98. The zero-order valence-corrected chi connectivity index (χ0v) is 35.2. The number of methoxy groups -OCH3 is 1. The van der Waals surface area contributed by atoms with E-state index >= 15 is 0 Å². The number of ketones is 1. The van der Waals surface area contributed by atoms with Crippen LogP contribution in [0.4, 0.5) is 0 Å². The van der Waals surface area contributed by atoms with Crippen molar-refractivity contribution < 1.29 is 38.5 Å². The molecule has 1 saturated heterocycles. The van der Waals surface area contributed by atoms with E-state index in [2.05, 4.69) is 21.7 Å². The van der Waals surface area contributed by atoms with Gasteiger partial charge in [-0.2, -0.15) is 0 Å². The molecular formula is C48H51N3O10.